The summed E-state index contributed by atoms with van der Waals surface area (Å²) in [4.78, 5) is 31.9. The van der Waals surface area contributed by atoms with Crippen molar-refractivity contribution >= 4 is 15.7 Å². The number of rotatable bonds is 5. The zero-order valence-electron chi connectivity index (χ0n) is 15.4. The Kier molecular flexibility index (Phi) is 5.19. The predicted molar refractivity (Wildman–Crippen MR) is 103 cm³/mol. The van der Waals surface area contributed by atoms with Gasteiger partial charge in [0.25, 0.3) is 5.56 Å². The summed E-state index contributed by atoms with van der Waals surface area (Å²) in [7, 11) is -3.09. The van der Waals surface area contributed by atoms with Gasteiger partial charge in [0, 0.05) is 23.2 Å². The summed E-state index contributed by atoms with van der Waals surface area (Å²) in [5.41, 5.74) is 0.877. The van der Waals surface area contributed by atoms with E-state index in [0.717, 1.165) is 5.56 Å². The normalized spacial score (nSPS) is 21.1. The third kappa shape index (κ3) is 4.63. The number of H-pyrrole nitrogens is 1. The number of amides is 1. The quantitative estimate of drug-likeness (QED) is 0.803. The van der Waals surface area contributed by atoms with Crippen LogP contribution in [0.1, 0.15) is 31.0 Å². The number of aromatic nitrogens is 2. The van der Waals surface area contributed by atoms with Gasteiger partial charge in [-0.25, -0.2) is 13.4 Å². The summed E-state index contributed by atoms with van der Waals surface area (Å²) >= 11 is 0. The van der Waals surface area contributed by atoms with E-state index in [1.165, 1.54) is 0 Å². The highest BCUT2D eigenvalue weighted by Crippen LogP contribution is 2.23. The fourth-order valence-corrected chi connectivity index (χ4v) is 5.48. The van der Waals surface area contributed by atoms with Gasteiger partial charge in [-0.2, -0.15) is 0 Å². The molecule has 2 heterocycles. The fourth-order valence-electron chi connectivity index (χ4n) is 3.38. The molecule has 3 rings (SSSR count). The summed E-state index contributed by atoms with van der Waals surface area (Å²) in [5.74, 6) is 0.280. The number of hydrogen-bond donors (Lipinski definition) is 2. The highest BCUT2D eigenvalue weighted by atomic mass is 32.2. The Balaban J connectivity index is 1.68. The van der Waals surface area contributed by atoms with E-state index < -0.39 is 15.4 Å². The van der Waals surface area contributed by atoms with Crippen LogP contribution < -0.4 is 10.9 Å². The van der Waals surface area contributed by atoms with Gasteiger partial charge in [0.15, 0.2) is 9.84 Å². The number of sulfone groups is 1. The van der Waals surface area contributed by atoms with Gasteiger partial charge >= 0.3 is 0 Å². The van der Waals surface area contributed by atoms with Crippen LogP contribution >= 0.6 is 0 Å². The van der Waals surface area contributed by atoms with Gasteiger partial charge in [0.2, 0.25) is 5.91 Å². The molecule has 0 aliphatic carbocycles. The van der Waals surface area contributed by atoms with Crippen molar-refractivity contribution in [2.24, 2.45) is 0 Å². The third-order valence-corrected chi connectivity index (χ3v) is 6.72. The molecule has 2 aromatic rings. The summed E-state index contributed by atoms with van der Waals surface area (Å²) in [6.07, 6.45) is 0.762. The Morgan fingerprint density at radius 3 is 2.59 bits per heavy atom. The Morgan fingerprint density at radius 2 is 2.00 bits per heavy atom. The largest absolute Gasteiger partial charge is 0.350 e. The van der Waals surface area contributed by atoms with Crippen LogP contribution in [0.3, 0.4) is 0 Å². The summed E-state index contributed by atoms with van der Waals surface area (Å²) < 4.78 is 23.3. The number of benzene rings is 1. The zero-order valence-corrected chi connectivity index (χ0v) is 16.2. The maximum Gasteiger partial charge on any atom is 0.254 e. The minimum Gasteiger partial charge on any atom is -0.350 e. The number of hydrogen-bond acceptors (Lipinski definition) is 5. The molecule has 1 atom stereocenters. The standard InChI is InChI=1S/C19H23N3O4S/c1-13-15(18(24)21-17(20-13)14-6-4-3-5-7-14)8-9-16(23)22-19(2)10-11-27(25,26)12-19/h3-7H,8-12H2,1-2H3,(H,22,23)(H,20,21,24)/t19-/m0/s1. The predicted octanol–water partition coefficient (Wildman–Crippen LogP) is 1.37. The molecule has 1 fully saturated rings. The van der Waals surface area contributed by atoms with Gasteiger partial charge in [0.05, 0.1) is 17.0 Å². The van der Waals surface area contributed by atoms with Crippen molar-refractivity contribution in [3.63, 3.8) is 0 Å². The lowest BCUT2D eigenvalue weighted by Gasteiger charge is -2.23. The molecular formula is C19H23N3O4S. The minimum atomic E-state index is -3.09. The second-order valence-corrected chi connectivity index (χ2v) is 9.48. The molecule has 0 unspecified atom stereocenters. The van der Waals surface area contributed by atoms with Crippen molar-refractivity contribution in [1.29, 1.82) is 0 Å². The highest BCUT2D eigenvalue weighted by molar-refractivity contribution is 7.91. The molecule has 1 amide bonds. The van der Waals surface area contributed by atoms with Crippen LogP contribution in [-0.2, 0) is 21.1 Å². The monoisotopic (exact) mass is 389 g/mol. The van der Waals surface area contributed by atoms with Crippen molar-refractivity contribution < 1.29 is 13.2 Å². The molecule has 1 aromatic carbocycles. The van der Waals surface area contributed by atoms with Gasteiger partial charge in [0.1, 0.15) is 5.82 Å². The van der Waals surface area contributed by atoms with E-state index in [1.807, 2.05) is 30.3 Å². The van der Waals surface area contributed by atoms with Gasteiger partial charge < -0.3 is 10.3 Å². The van der Waals surface area contributed by atoms with E-state index in [4.69, 9.17) is 0 Å². The lowest BCUT2D eigenvalue weighted by molar-refractivity contribution is -0.122. The van der Waals surface area contributed by atoms with Crippen molar-refractivity contribution in [2.45, 2.75) is 38.6 Å². The van der Waals surface area contributed by atoms with Gasteiger partial charge in [-0.3, -0.25) is 9.59 Å². The van der Waals surface area contributed by atoms with Gasteiger partial charge in [-0.05, 0) is 26.7 Å². The molecule has 27 heavy (non-hydrogen) atoms. The van der Waals surface area contributed by atoms with E-state index in [1.54, 1.807) is 13.8 Å². The van der Waals surface area contributed by atoms with Crippen molar-refractivity contribution in [2.75, 3.05) is 11.5 Å². The van der Waals surface area contributed by atoms with E-state index in [-0.39, 0.29) is 35.8 Å². The molecule has 144 valence electrons. The van der Waals surface area contributed by atoms with Crippen LogP contribution in [0.25, 0.3) is 11.4 Å². The second-order valence-electron chi connectivity index (χ2n) is 7.30. The van der Waals surface area contributed by atoms with Gasteiger partial charge in [-0.1, -0.05) is 30.3 Å². The smallest absolute Gasteiger partial charge is 0.254 e. The number of carbonyl (C=O) groups excluding carboxylic acids is 1. The molecular weight excluding hydrogens is 366 g/mol. The summed E-state index contributed by atoms with van der Waals surface area (Å²) in [6.45, 7) is 3.49. The zero-order chi connectivity index (χ0) is 19.7. The Hall–Kier alpha value is -2.48. The topological polar surface area (TPSA) is 109 Å². The van der Waals surface area contributed by atoms with Crippen molar-refractivity contribution in [1.82, 2.24) is 15.3 Å². The maximum absolute atomic E-state index is 12.4. The van der Waals surface area contributed by atoms with Crippen LogP contribution in [0.4, 0.5) is 0 Å². The van der Waals surface area contributed by atoms with Crippen LogP contribution in [-0.4, -0.2) is 41.3 Å². The first-order valence-corrected chi connectivity index (χ1v) is 10.7. The molecule has 0 bridgehead atoms. The summed E-state index contributed by atoms with van der Waals surface area (Å²) in [6, 6.07) is 9.35. The number of nitrogens with one attached hydrogen (secondary N) is 2. The minimum absolute atomic E-state index is 0.0430. The Morgan fingerprint density at radius 1 is 1.30 bits per heavy atom. The molecule has 0 radical (unpaired) electrons. The SMILES string of the molecule is Cc1nc(-c2ccccc2)[nH]c(=O)c1CCC(=O)N[C@@]1(C)CCS(=O)(=O)C1. The number of carbonyl (C=O) groups is 1. The maximum atomic E-state index is 12.4. The lowest BCUT2D eigenvalue weighted by atomic mass is 10.0. The molecule has 1 aliphatic heterocycles. The number of aromatic amines is 1. The van der Waals surface area contributed by atoms with E-state index in [9.17, 15) is 18.0 Å². The molecule has 0 spiro atoms. The highest BCUT2D eigenvalue weighted by Gasteiger charge is 2.39. The van der Waals surface area contributed by atoms with Crippen LogP contribution in [0.15, 0.2) is 35.1 Å². The molecule has 8 heteroatoms. The molecule has 2 N–H and O–H groups in total. The van der Waals surface area contributed by atoms with E-state index in [2.05, 4.69) is 15.3 Å². The van der Waals surface area contributed by atoms with E-state index >= 15 is 0 Å². The molecule has 0 saturated carbocycles. The lowest BCUT2D eigenvalue weighted by Crippen LogP contribution is -2.47. The molecule has 1 saturated heterocycles. The molecule has 1 aliphatic rings. The fraction of sp³-hybridized carbons (Fsp3) is 0.421. The van der Waals surface area contributed by atoms with Crippen LogP contribution in [0.2, 0.25) is 0 Å². The van der Waals surface area contributed by atoms with Crippen molar-refractivity contribution in [3.8, 4) is 11.4 Å². The van der Waals surface area contributed by atoms with E-state index in [0.29, 0.717) is 23.5 Å². The average molecular weight is 389 g/mol. The van der Waals surface area contributed by atoms with Crippen LogP contribution in [0.5, 0.6) is 0 Å². The first-order valence-electron chi connectivity index (χ1n) is 8.84. The number of nitrogens with zero attached hydrogens (tertiary/aromatic N) is 1. The Labute approximate surface area is 158 Å². The van der Waals surface area contributed by atoms with Crippen LogP contribution in [0, 0.1) is 6.92 Å². The number of aryl methyl sites for hydroxylation is 1. The van der Waals surface area contributed by atoms with Crippen molar-refractivity contribution in [3.05, 3.63) is 51.9 Å². The first kappa shape index (κ1) is 19.3. The van der Waals surface area contributed by atoms with Gasteiger partial charge in [-0.15, -0.1) is 0 Å². The molecule has 1 aromatic heterocycles. The third-order valence-electron chi connectivity index (χ3n) is 4.82. The molecule has 7 nitrogen and oxygen atoms in total. The average Bonchev–Trinajstić information content (AvgIpc) is 2.87. The summed E-state index contributed by atoms with van der Waals surface area (Å²) in [5, 5.41) is 2.81. The first-order chi connectivity index (χ1) is 12.7. The Bertz CT molecular complexity index is 1010. The second kappa shape index (κ2) is 7.26.